The standard InChI is InChI=1S/C13H20BrNO3S/c1-4-15(8-9-18-5-2)19(16,17)12-6-7-13(14)11(3)10-12/h6-7,10H,4-5,8-9H2,1-3H3. The molecule has 4 nitrogen and oxygen atoms in total. The van der Waals surface area contributed by atoms with Crippen LogP contribution in [0.2, 0.25) is 0 Å². The maximum absolute atomic E-state index is 12.5. The molecule has 0 aliphatic rings. The monoisotopic (exact) mass is 349 g/mol. The minimum absolute atomic E-state index is 0.326. The number of benzene rings is 1. The summed E-state index contributed by atoms with van der Waals surface area (Å²) in [7, 11) is -3.44. The minimum atomic E-state index is -3.44. The molecular weight excluding hydrogens is 330 g/mol. The van der Waals surface area contributed by atoms with Crippen molar-refractivity contribution in [3.8, 4) is 0 Å². The van der Waals surface area contributed by atoms with E-state index in [1.165, 1.54) is 4.31 Å². The van der Waals surface area contributed by atoms with Gasteiger partial charge in [0.05, 0.1) is 11.5 Å². The van der Waals surface area contributed by atoms with E-state index in [0.29, 0.717) is 31.2 Å². The summed E-state index contributed by atoms with van der Waals surface area (Å²) < 4.78 is 32.5. The minimum Gasteiger partial charge on any atom is -0.380 e. The molecule has 0 heterocycles. The molecule has 0 N–H and O–H groups in total. The molecule has 0 radical (unpaired) electrons. The Bertz CT molecular complexity index is 517. The van der Waals surface area contributed by atoms with Gasteiger partial charge in [-0.2, -0.15) is 4.31 Å². The van der Waals surface area contributed by atoms with Crippen molar-refractivity contribution in [1.82, 2.24) is 4.31 Å². The molecule has 1 rings (SSSR count). The smallest absolute Gasteiger partial charge is 0.243 e. The number of aryl methyl sites for hydroxylation is 1. The van der Waals surface area contributed by atoms with E-state index in [2.05, 4.69) is 15.9 Å². The van der Waals surface area contributed by atoms with Gasteiger partial charge in [0.1, 0.15) is 0 Å². The van der Waals surface area contributed by atoms with Gasteiger partial charge in [-0.25, -0.2) is 8.42 Å². The lowest BCUT2D eigenvalue weighted by molar-refractivity contribution is 0.135. The molecule has 1 aromatic rings. The van der Waals surface area contributed by atoms with Gasteiger partial charge >= 0.3 is 0 Å². The Labute approximate surface area is 123 Å². The highest BCUT2D eigenvalue weighted by Gasteiger charge is 2.23. The van der Waals surface area contributed by atoms with Crippen molar-refractivity contribution in [2.75, 3.05) is 26.3 Å². The number of hydrogen-bond acceptors (Lipinski definition) is 3. The maximum Gasteiger partial charge on any atom is 0.243 e. The van der Waals surface area contributed by atoms with Crippen molar-refractivity contribution < 1.29 is 13.2 Å². The zero-order chi connectivity index (χ0) is 14.5. The zero-order valence-electron chi connectivity index (χ0n) is 11.5. The van der Waals surface area contributed by atoms with Crippen molar-refractivity contribution in [2.24, 2.45) is 0 Å². The van der Waals surface area contributed by atoms with Crippen molar-refractivity contribution >= 4 is 26.0 Å². The summed E-state index contributed by atoms with van der Waals surface area (Å²) in [5.41, 5.74) is 0.905. The molecule has 19 heavy (non-hydrogen) atoms. The van der Waals surface area contributed by atoms with Crippen LogP contribution >= 0.6 is 15.9 Å². The Hall–Kier alpha value is -0.430. The van der Waals surface area contributed by atoms with Crippen LogP contribution in [0.15, 0.2) is 27.6 Å². The van der Waals surface area contributed by atoms with E-state index in [1.807, 2.05) is 20.8 Å². The third-order valence-electron chi connectivity index (χ3n) is 2.81. The van der Waals surface area contributed by atoms with E-state index in [0.717, 1.165) is 10.0 Å². The molecule has 0 atom stereocenters. The molecule has 0 aliphatic heterocycles. The SMILES string of the molecule is CCOCCN(CC)S(=O)(=O)c1ccc(Br)c(C)c1. The average molecular weight is 350 g/mol. The molecule has 0 spiro atoms. The highest BCUT2D eigenvalue weighted by atomic mass is 79.9. The summed E-state index contributed by atoms with van der Waals surface area (Å²) in [6, 6.07) is 5.07. The predicted molar refractivity (Wildman–Crippen MR) is 79.8 cm³/mol. The van der Waals surface area contributed by atoms with Crippen LogP contribution in [0, 0.1) is 6.92 Å². The van der Waals surface area contributed by atoms with E-state index < -0.39 is 10.0 Å². The highest BCUT2D eigenvalue weighted by Crippen LogP contribution is 2.22. The summed E-state index contributed by atoms with van der Waals surface area (Å²) in [4.78, 5) is 0.326. The molecular formula is C13H20BrNO3S. The fourth-order valence-corrected chi connectivity index (χ4v) is 3.45. The fourth-order valence-electron chi connectivity index (χ4n) is 1.69. The largest absolute Gasteiger partial charge is 0.380 e. The van der Waals surface area contributed by atoms with Gasteiger partial charge in [0.15, 0.2) is 0 Å². The van der Waals surface area contributed by atoms with E-state index in [-0.39, 0.29) is 0 Å². The number of sulfonamides is 1. The first-order valence-electron chi connectivity index (χ1n) is 6.27. The van der Waals surface area contributed by atoms with E-state index in [1.54, 1.807) is 18.2 Å². The summed E-state index contributed by atoms with van der Waals surface area (Å²) in [5.74, 6) is 0. The second-order valence-electron chi connectivity index (χ2n) is 4.10. The summed E-state index contributed by atoms with van der Waals surface area (Å²) in [6.07, 6.45) is 0. The first-order chi connectivity index (χ1) is 8.93. The molecule has 0 aromatic heterocycles. The third kappa shape index (κ3) is 4.27. The first-order valence-corrected chi connectivity index (χ1v) is 8.50. The van der Waals surface area contributed by atoms with Gasteiger partial charge in [-0.1, -0.05) is 22.9 Å². The number of hydrogen-bond donors (Lipinski definition) is 0. The van der Waals surface area contributed by atoms with Crippen LogP contribution in [0.4, 0.5) is 0 Å². The highest BCUT2D eigenvalue weighted by molar-refractivity contribution is 9.10. The topological polar surface area (TPSA) is 46.6 Å². The Morgan fingerprint density at radius 2 is 2.00 bits per heavy atom. The Kier molecular flexibility index (Phi) is 6.46. The molecule has 0 saturated heterocycles. The van der Waals surface area contributed by atoms with E-state index in [9.17, 15) is 8.42 Å². The van der Waals surface area contributed by atoms with Gasteiger partial charge in [-0.05, 0) is 37.6 Å². The Balaban J connectivity index is 2.96. The van der Waals surface area contributed by atoms with Crippen molar-refractivity contribution in [3.05, 3.63) is 28.2 Å². The number of likely N-dealkylation sites (N-methyl/N-ethyl adjacent to an activating group) is 1. The van der Waals surface area contributed by atoms with E-state index in [4.69, 9.17) is 4.74 Å². The van der Waals surface area contributed by atoms with Crippen LogP contribution in [-0.4, -0.2) is 39.0 Å². The van der Waals surface area contributed by atoms with Gasteiger partial charge in [-0.3, -0.25) is 0 Å². The maximum atomic E-state index is 12.5. The normalized spacial score (nSPS) is 12.1. The molecule has 0 amide bonds. The average Bonchev–Trinajstić information content (AvgIpc) is 2.37. The Morgan fingerprint density at radius 3 is 2.53 bits per heavy atom. The lowest BCUT2D eigenvalue weighted by Gasteiger charge is -2.20. The van der Waals surface area contributed by atoms with Crippen LogP contribution in [0.5, 0.6) is 0 Å². The van der Waals surface area contributed by atoms with Crippen molar-refractivity contribution in [3.63, 3.8) is 0 Å². The van der Waals surface area contributed by atoms with E-state index >= 15 is 0 Å². The lowest BCUT2D eigenvalue weighted by atomic mass is 10.2. The number of nitrogens with zero attached hydrogens (tertiary/aromatic N) is 1. The van der Waals surface area contributed by atoms with Crippen LogP contribution < -0.4 is 0 Å². The first kappa shape index (κ1) is 16.6. The van der Waals surface area contributed by atoms with Gasteiger partial charge in [0.25, 0.3) is 0 Å². The number of ether oxygens (including phenoxy) is 1. The molecule has 0 fully saturated rings. The van der Waals surface area contributed by atoms with Gasteiger partial charge < -0.3 is 4.74 Å². The summed E-state index contributed by atoms with van der Waals surface area (Å²) in [5, 5.41) is 0. The summed E-state index contributed by atoms with van der Waals surface area (Å²) in [6.45, 7) is 7.41. The van der Waals surface area contributed by atoms with Crippen molar-refractivity contribution in [2.45, 2.75) is 25.7 Å². The fraction of sp³-hybridized carbons (Fsp3) is 0.538. The van der Waals surface area contributed by atoms with Crippen LogP contribution in [0.25, 0.3) is 0 Å². The van der Waals surface area contributed by atoms with Crippen LogP contribution in [-0.2, 0) is 14.8 Å². The Morgan fingerprint density at radius 1 is 1.32 bits per heavy atom. The molecule has 0 saturated carbocycles. The van der Waals surface area contributed by atoms with Crippen LogP contribution in [0.1, 0.15) is 19.4 Å². The second kappa shape index (κ2) is 7.38. The molecule has 6 heteroatoms. The van der Waals surface area contributed by atoms with Gasteiger partial charge in [0, 0.05) is 24.2 Å². The molecule has 0 aliphatic carbocycles. The number of halogens is 1. The molecule has 1 aromatic carbocycles. The van der Waals surface area contributed by atoms with Gasteiger partial charge in [-0.15, -0.1) is 0 Å². The lowest BCUT2D eigenvalue weighted by Crippen LogP contribution is -2.34. The molecule has 108 valence electrons. The second-order valence-corrected chi connectivity index (χ2v) is 6.90. The zero-order valence-corrected chi connectivity index (χ0v) is 13.9. The predicted octanol–water partition coefficient (Wildman–Crippen LogP) is 2.80. The molecule has 0 unspecified atom stereocenters. The third-order valence-corrected chi connectivity index (χ3v) is 5.67. The van der Waals surface area contributed by atoms with Crippen LogP contribution in [0.3, 0.4) is 0 Å². The molecule has 0 bridgehead atoms. The van der Waals surface area contributed by atoms with Gasteiger partial charge in [0.2, 0.25) is 10.0 Å². The number of rotatable bonds is 7. The quantitative estimate of drug-likeness (QED) is 0.711. The summed E-state index contributed by atoms with van der Waals surface area (Å²) >= 11 is 3.37. The van der Waals surface area contributed by atoms with Crippen molar-refractivity contribution in [1.29, 1.82) is 0 Å².